The molecule has 22 heavy (non-hydrogen) atoms. The summed E-state index contributed by atoms with van der Waals surface area (Å²) in [6.07, 6.45) is 1.74. The number of ketones is 1. The zero-order valence-electron chi connectivity index (χ0n) is 12.7. The number of ether oxygens (including phenoxy) is 3. The molecule has 0 amide bonds. The second-order valence-corrected chi connectivity index (χ2v) is 5.03. The molecule has 0 bridgehead atoms. The number of hydrogen-bond acceptors (Lipinski definition) is 4. The normalized spacial score (nSPS) is 14.7. The molecule has 1 aliphatic rings. The fourth-order valence-electron chi connectivity index (χ4n) is 2.44. The standard InChI is InChI=1S/C18H16O4/c1-11-8-12(4-7-15(11)21-3)9-17-18(19)14-6-5-13(20-2)10-16(14)22-17/h4-10H,1-3H3. The van der Waals surface area contributed by atoms with Gasteiger partial charge in [0.2, 0.25) is 5.78 Å². The molecular formula is C18H16O4. The van der Waals surface area contributed by atoms with Gasteiger partial charge in [-0.25, -0.2) is 0 Å². The van der Waals surface area contributed by atoms with Crippen molar-refractivity contribution < 1.29 is 19.0 Å². The molecule has 0 aliphatic carbocycles. The molecule has 112 valence electrons. The molecule has 0 fully saturated rings. The summed E-state index contributed by atoms with van der Waals surface area (Å²) in [5.74, 6) is 2.20. The fourth-order valence-corrected chi connectivity index (χ4v) is 2.44. The Morgan fingerprint density at radius 2 is 1.86 bits per heavy atom. The molecule has 0 spiro atoms. The Kier molecular flexibility index (Phi) is 3.59. The van der Waals surface area contributed by atoms with Gasteiger partial charge in [0.25, 0.3) is 0 Å². The third-order valence-corrected chi connectivity index (χ3v) is 3.59. The lowest BCUT2D eigenvalue weighted by Crippen LogP contribution is -1.98. The maximum atomic E-state index is 12.3. The lowest BCUT2D eigenvalue weighted by Gasteiger charge is -2.05. The van der Waals surface area contributed by atoms with Crippen LogP contribution in [0.3, 0.4) is 0 Å². The van der Waals surface area contributed by atoms with Gasteiger partial charge in [-0.15, -0.1) is 0 Å². The lowest BCUT2D eigenvalue weighted by molar-refractivity contribution is 0.101. The average molecular weight is 296 g/mol. The van der Waals surface area contributed by atoms with Crippen molar-refractivity contribution in [1.29, 1.82) is 0 Å². The molecule has 1 heterocycles. The van der Waals surface area contributed by atoms with Gasteiger partial charge in [-0.2, -0.15) is 0 Å². The van der Waals surface area contributed by atoms with Crippen LogP contribution in [0.4, 0.5) is 0 Å². The zero-order valence-corrected chi connectivity index (χ0v) is 12.7. The molecule has 0 atom stereocenters. The highest BCUT2D eigenvalue weighted by molar-refractivity contribution is 6.14. The Bertz CT molecular complexity index is 775. The van der Waals surface area contributed by atoms with E-state index in [-0.39, 0.29) is 5.78 Å². The van der Waals surface area contributed by atoms with Crippen LogP contribution in [-0.2, 0) is 0 Å². The summed E-state index contributed by atoms with van der Waals surface area (Å²) in [6, 6.07) is 10.9. The van der Waals surface area contributed by atoms with E-state index in [1.54, 1.807) is 38.5 Å². The first-order valence-electron chi connectivity index (χ1n) is 6.89. The number of fused-ring (bicyclic) bond motifs is 1. The van der Waals surface area contributed by atoms with Crippen LogP contribution in [0.5, 0.6) is 17.2 Å². The minimum Gasteiger partial charge on any atom is -0.497 e. The van der Waals surface area contributed by atoms with Gasteiger partial charge in [-0.1, -0.05) is 6.07 Å². The van der Waals surface area contributed by atoms with Crippen LogP contribution in [0.1, 0.15) is 21.5 Å². The van der Waals surface area contributed by atoms with Crippen molar-refractivity contribution in [3.05, 3.63) is 58.8 Å². The molecule has 0 radical (unpaired) electrons. The molecule has 2 aromatic rings. The second kappa shape index (κ2) is 5.56. The Morgan fingerprint density at radius 3 is 2.55 bits per heavy atom. The molecule has 1 aliphatic heterocycles. The van der Waals surface area contributed by atoms with Crippen molar-refractivity contribution in [3.8, 4) is 17.2 Å². The number of aryl methyl sites for hydroxylation is 1. The Morgan fingerprint density at radius 1 is 1.05 bits per heavy atom. The fraction of sp³-hybridized carbons (Fsp3) is 0.167. The molecule has 4 nitrogen and oxygen atoms in total. The molecule has 0 saturated heterocycles. The third kappa shape index (κ3) is 2.44. The van der Waals surface area contributed by atoms with Gasteiger partial charge >= 0.3 is 0 Å². The molecule has 0 N–H and O–H groups in total. The number of allylic oxidation sites excluding steroid dienone is 1. The van der Waals surface area contributed by atoms with Crippen LogP contribution in [0.2, 0.25) is 0 Å². The van der Waals surface area contributed by atoms with Crippen molar-refractivity contribution in [1.82, 2.24) is 0 Å². The summed E-state index contributed by atoms with van der Waals surface area (Å²) in [5.41, 5.74) is 2.44. The lowest BCUT2D eigenvalue weighted by atomic mass is 10.1. The minimum atomic E-state index is -0.119. The van der Waals surface area contributed by atoms with E-state index in [4.69, 9.17) is 14.2 Å². The minimum absolute atomic E-state index is 0.119. The molecule has 0 unspecified atom stereocenters. The van der Waals surface area contributed by atoms with Crippen molar-refractivity contribution in [2.24, 2.45) is 0 Å². The van der Waals surface area contributed by atoms with Gasteiger partial charge in [-0.05, 0) is 48.4 Å². The predicted molar refractivity (Wildman–Crippen MR) is 83.7 cm³/mol. The molecule has 4 heteroatoms. The first-order chi connectivity index (χ1) is 10.6. The highest BCUT2D eigenvalue weighted by Crippen LogP contribution is 2.35. The number of rotatable bonds is 3. The summed E-state index contributed by atoms with van der Waals surface area (Å²) < 4.78 is 16.0. The smallest absolute Gasteiger partial charge is 0.231 e. The maximum absolute atomic E-state index is 12.3. The van der Waals surface area contributed by atoms with Gasteiger partial charge in [0, 0.05) is 6.07 Å². The predicted octanol–water partition coefficient (Wildman–Crippen LogP) is 3.63. The van der Waals surface area contributed by atoms with Crippen LogP contribution < -0.4 is 14.2 Å². The van der Waals surface area contributed by atoms with Crippen molar-refractivity contribution in [3.63, 3.8) is 0 Å². The molecule has 0 saturated carbocycles. The zero-order chi connectivity index (χ0) is 15.7. The summed E-state index contributed by atoms with van der Waals surface area (Å²) in [6.45, 7) is 1.96. The summed E-state index contributed by atoms with van der Waals surface area (Å²) in [4.78, 5) is 12.3. The number of Topliss-reactive ketones (excluding diaryl/α,β-unsaturated/α-hetero) is 1. The van der Waals surface area contributed by atoms with Gasteiger partial charge < -0.3 is 14.2 Å². The van der Waals surface area contributed by atoms with Crippen molar-refractivity contribution in [2.75, 3.05) is 14.2 Å². The highest BCUT2D eigenvalue weighted by Gasteiger charge is 2.27. The van der Waals surface area contributed by atoms with Crippen LogP contribution in [-0.4, -0.2) is 20.0 Å². The highest BCUT2D eigenvalue weighted by atomic mass is 16.5. The molecule has 0 aromatic heterocycles. The Hall–Kier alpha value is -2.75. The largest absolute Gasteiger partial charge is 0.497 e. The van der Waals surface area contributed by atoms with E-state index in [9.17, 15) is 4.79 Å². The van der Waals surface area contributed by atoms with E-state index < -0.39 is 0 Å². The topological polar surface area (TPSA) is 44.8 Å². The maximum Gasteiger partial charge on any atom is 0.231 e. The van der Waals surface area contributed by atoms with Gasteiger partial charge in [0.15, 0.2) is 5.76 Å². The monoisotopic (exact) mass is 296 g/mol. The first-order valence-corrected chi connectivity index (χ1v) is 6.89. The number of benzene rings is 2. The van der Waals surface area contributed by atoms with E-state index in [1.165, 1.54) is 0 Å². The molecule has 2 aromatic carbocycles. The van der Waals surface area contributed by atoms with Crippen LogP contribution in [0, 0.1) is 6.92 Å². The quantitative estimate of drug-likeness (QED) is 0.811. The van der Waals surface area contributed by atoms with Crippen LogP contribution in [0.15, 0.2) is 42.2 Å². The summed E-state index contributed by atoms with van der Waals surface area (Å²) >= 11 is 0. The van der Waals surface area contributed by atoms with E-state index >= 15 is 0 Å². The Labute approximate surface area is 128 Å². The number of methoxy groups -OCH3 is 2. The average Bonchev–Trinajstić information content (AvgIpc) is 2.83. The van der Waals surface area contributed by atoms with E-state index in [2.05, 4.69) is 0 Å². The van der Waals surface area contributed by atoms with Crippen molar-refractivity contribution >= 4 is 11.9 Å². The molecule has 3 rings (SSSR count). The summed E-state index contributed by atoms with van der Waals surface area (Å²) in [5, 5.41) is 0. The molecular weight excluding hydrogens is 280 g/mol. The van der Waals surface area contributed by atoms with Gasteiger partial charge in [-0.3, -0.25) is 4.79 Å². The van der Waals surface area contributed by atoms with Crippen LogP contribution in [0.25, 0.3) is 6.08 Å². The Balaban J connectivity index is 1.93. The first kappa shape index (κ1) is 14.2. The number of carbonyl (C=O) groups excluding carboxylic acids is 1. The number of carbonyl (C=O) groups is 1. The van der Waals surface area contributed by atoms with Crippen molar-refractivity contribution in [2.45, 2.75) is 6.92 Å². The van der Waals surface area contributed by atoms with Crippen LogP contribution >= 0.6 is 0 Å². The third-order valence-electron chi connectivity index (χ3n) is 3.59. The van der Waals surface area contributed by atoms with Gasteiger partial charge in [0.05, 0.1) is 19.8 Å². The van der Waals surface area contributed by atoms with Gasteiger partial charge in [0.1, 0.15) is 17.2 Å². The summed E-state index contributed by atoms with van der Waals surface area (Å²) in [7, 11) is 3.21. The number of hydrogen-bond donors (Lipinski definition) is 0. The van der Waals surface area contributed by atoms with E-state index in [1.807, 2.05) is 25.1 Å². The SMILES string of the molecule is COc1ccc2c(c1)OC(=Cc1ccc(OC)c(C)c1)C2=O. The van der Waals surface area contributed by atoms with E-state index in [0.29, 0.717) is 22.8 Å². The van der Waals surface area contributed by atoms with E-state index in [0.717, 1.165) is 16.9 Å². The second-order valence-electron chi connectivity index (χ2n) is 5.03.